The molecule has 0 aliphatic carbocycles. The molecule has 1 fully saturated rings. The van der Waals surface area contributed by atoms with Crippen LogP contribution in [-0.2, 0) is 20.9 Å². The highest BCUT2D eigenvalue weighted by Gasteiger charge is 2.41. The maximum Gasteiger partial charge on any atom is 0.278 e. The van der Waals surface area contributed by atoms with Crippen molar-refractivity contribution in [1.82, 2.24) is 14.8 Å². The van der Waals surface area contributed by atoms with E-state index in [4.69, 9.17) is 4.74 Å². The minimum atomic E-state index is -0.268. The summed E-state index contributed by atoms with van der Waals surface area (Å²) in [5.41, 5.74) is 3.50. The highest BCUT2D eigenvalue weighted by molar-refractivity contribution is 6.35. The molecule has 2 aromatic rings. The lowest BCUT2D eigenvalue weighted by molar-refractivity contribution is -0.138. The average molecular weight is 363 g/mol. The third kappa shape index (κ3) is 3.36. The zero-order chi connectivity index (χ0) is 18.8. The molecule has 0 spiro atoms. The van der Waals surface area contributed by atoms with E-state index in [0.29, 0.717) is 43.3 Å². The molecule has 0 bridgehead atoms. The fraction of sp³-hybridized carbons (Fsp3) is 0.286. The molecule has 2 aliphatic rings. The summed E-state index contributed by atoms with van der Waals surface area (Å²) < 4.78 is 5.42. The van der Waals surface area contributed by atoms with Crippen LogP contribution in [0.2, 0.25) is 0 Å². The smallest absolute Gasteiger partial charge is 0.278 e. The Morgan fingerprint density at radius 2 is 1.74 bits per heavy atom. The maximum atomic E-state index is 13.2. The highest BCUT2D eigenvalue weighted by atomic mass is 16.5. The second-order valence-corrected chi connectivity index (χ2v) is 6.71. The summed E-state index contributed by atoms with van der Waals surface area (Å²) in [5, 5.41) is 0. The van der Waals surface area contributed by atoms with Crippen LogP contribution in [0.25, 0.3) is 5.57 Å². The summed E-state index contributed by atoms with van der Waals surface area (Å²) in [6, 6.07) is 13.2. The van der Waals surface area contributed by atoms with Gasteiger partial charge in [0, 0.05) is 19.3 Å². The second kappa shape index (κ2) is 7.32. The Kier molecular flexibility index (Phi) is 4.73. The van der Waals surface area contributed by atoms with E-state index in [9.17, 15) is 9.59 Å². The Morgan fingerprint density at radius 3 is 2.41 bits per heavy atom. The van der Waals surface area contributed by atoms with Crippen LogP contribution < -0.4 is 0 Å². The van der Waals surface area contributed by atoms with Crippen molar-refractivity contribution in [3.63, 3.8) is 0 Å². The quantitative estimate of drug-likeness (QED) is 0.778. The fourth-order valence-corrected chi connectivity index (χ4v) is 3.42. The minimum absolute atomic E-state index is 0.168. The number of aromatic nitrogens is 1. The monoisotopic (exact) mass is 363 g/mol. The second-order valence-electron chi connectivity index (χ2n) is 6.71. The SMILES string of the molecule is Cc1ccc(C2=C(N3CCOCC3)C(=O)N(Cc3ccccn3)C2=O)cc1. The molecule has 1 aromatic heterocycles. The Labute approximate surface area is 158 Å². The van der Waals surface area contributed by atoms with Gasteiger partial charge in [0.05, 0.1) is 31.0 Å². The Morgan fingerprint density at radius 1 is 1.00 bits per heavy atom. The van der Waals surface area contributed by atoms with Gasteiger partial charge in [-0.3, -0.25) is 19.5 Å². The summed E-state index contributed by atoms with van der Waals surface area (Å²) in [6.07, 6.45) is 1.66. The normalized spacial score (nSPS) is 17.8. The molecule has 1 aromatic carbocycles. The van der Waals surface area contributed by atoms with Crippen LogP contribution in [0.5, 0.6) is 0 Å². The first kappa shape index (κ1) is 17.4. The number of ether oxygens (including phenoxy) is 1. The van der Waals surface area contributed by atoms with E-state index in [1.165, 1.54) is 4.90 Å². The number of nitrogens with zero attached hydrogens (tertiary/aromatic N) is 3. The molecular formula is C21H21N3O3. The number of carbonyl (C=O) groups excluding carboxylic acids is 2. The molecule has 0 unspecified atom stereocenters. The van der Waals surface area contributed by atoms with Crippen LogP contribution >= 0.6 is 0 Å². The summed E-state index contributed by atoms with van der Waals surface area (Å²) in [6.45, 7) is 4.46. The molecule has 2 amide bonds. The lowest BCUT2D eigenvalue weighted by atomic mass is 10.0. The van der Waals surface area contributed by atoms with E-state index < -0.39 is 0 Å². The van der Waals surface area contributed by atoms with Gasteiger partial charge in [-0.05, 0) is 24.6 Å². The first-order valence-electron chi connectivity index (χ1n) is 9.05. The van der Waals surface area contributed by atoms with Crippen LogP contribution in [0.4, 0.5) is 0 Å². The molecule has 6 nitrogen and oxygen atoms in total. The van der Waals surface area contributed by atoms with E-state index in [0.717, 1.165) is 11.1 Å². The third-order valence-electron chi connectivity index (χ3n) is 4.86. The van der Waals surface area contributed by atoms with Crippen molar-refractivity contribution in [2.45, 2.75) is 13.5 Å². The van der Waals surface area contributed by atoms with Gasteiger partial charge in [0.15, 0.2) is 0 Å². The van der Waals surface area contributed by atoms with Gasteiger partial charge in [0.1, 0.15) is 5.70 Å². The standard InChI is InChI=1S/C21H21N3O3/c1-15-5-7-16(8-6-15)18-19(23-10-12-27-13-11-23)21(26)24(20(18)25)14-17-4-2-3-9-22-17/h2-9H,10-14H2,1H3. The largest absolute Gasteiger partial charge is 0.378 e. The molecule has 2 aliphatic heterocycles. The number of pyridine rings is 1. The summed E-state index contributed by atoms with van der Waals surface area (Å²) in [7, 11) is 0. The topological polar surface area (TPSA) is 62.7 Å². The van der Waals surface area contributed by atoms with Crippen LogP contribution in [0.1, 0.15) is 16.8 Å². The number of benzene rings is 1. The van der Waals surface area contributed by atoms with E-state index in [2.05, 4.69) is 4.98 Å². The zero-order valence-corrected chi connectivity index (χ0v) is 15.2. The first-order valence-corrected chi connectivity index (χ1v) is 9.05. The molecule has 0 atom stereocenters. The van der Waals surface area contributed by atoms with Crippen molar-refractivity contribution >= 4 is 17.4 Å². The molecule has 27 heavy (non-hydrogen) atoms. The van der Waals surface area contributed by atoms with Gasteiger partial charge in [-0.15, -0.1) is 0 Å². The fourth-order valence-electron chi connectivity index (χ4n) is 3.42. The van der Waals surface area contributed by atoms with Gasteiger partial charge in [0.25, 0.3) is 11.8 Å². The van der Waals surface area contributed by atoms with E-state index >= 15 is 0 Å². The van der Waals surface area contributed by atoms with Crippen LogP contribution in [0, 0.1) is 6.92 Å². The van der Waals surface area contributed by atoms with Crippen LogP contribution in [0.15, 0.2) is 54.4 Å². The number of aryl methyl sites for hydroxylation is 1. The van der Waals surface area contributed by atoms with Crippen molar-refractivity contribution in [2.24, 2.45) is 0 Å². The Hall–Kier alpha value is -2.99. The van der Waals surface area contributed by atoms with Gasteiger partial charge < -0.3 is 9.64 Å². The molecule has 0 radical (unpaired) electrons. The molecule has 6 heteroatoms. The number of amides is 2. The predicted molar refractivity (Wildman–Crippen MR) is 100 cm³/mol. The van der Waals surface area contributed by atoms with Crippen molar-refractivity contribution in [3.05, 3.63) is 71.2 Å². The van der Waals surface area contributed by atoms with Gasteiger partial charge in [-0.25, -0.2) is 0 Å². The number of imide groups is 1. The lowest BCUT2D eigenvalue weighted by Crippen LogP contribution is -2.40. The third-order valence-corrected chi connectivity index (χ3v) is 4.86. The lowest BCUT2D eigenvalue weighted by Gasteiger charge is -2.29. The number of rotatable bonds is 4. The maximum absolute atomic E-state index is 13.2. The number of hydrogen-bond donors (Lipinski definition) is 0. The van der Waals surface area contributed by atoms with Crippen LogP contribution in [0.3, 0.4) is 0 Å². The van der Waals surface area contributed by atoms with E-state index in [-0.39, 0.29) is 18.4 Å². The number of morpholine rings is 1. The number of carbonyl (C=O) groups is 2. The van der Waals surface area contributed by atoms with Crippen molar-refractivity contribution in [2.75, 3.05) is 26.3 Å². The molecular weight excluding hydrogens is 342 g/mol. The predicted octanol–water partition coefficient (Wildman–Crippen LogP) is 2.00. The van der Waals surface area contributed by atoms with Crippen LogP contribution in [-0.4, -0.2) is 52.9 Å². The summed E-state index contributed by atoms with van der Waals surface area (Å²) >= 11 is 0. The molecule has 0 N–H and O–H groups in total. The van der Waals surface area contributed by atoms with Crippen molar-refractivity contribution < 1.29 is 14.3 Å². The van der Waals surface area contributed by atoms with E-state index in [1.54, 1.807) is 6.20 Å². The molecule has 4 rings (SSSR count). The van der Waals surface area contributed by atoms with Gasteiger partial charge in [0.2, 0.25) is 0 Å². The van der Waals surface area contributed by atoms with Gasteiger partial charge in [-0.1, -0.05) is 35.9 Å². The summed E-state index contributed by atoms with van der Waals surface area (Å²) in [5.74, 6) is -0.529. The van der Waals surface area contributed by atoms with Crippen molar-refractivity contribution in [1.29, 1.82) is 0 Å². The Bertz CT molecular complexity index is 885. The molecule has 0 saturated carbocycles. The minimum Gasteiger partial charge on any atom is -0.378 e. The number of hydrogen-bond acceptors (Lipinski definition) is 5. The van der Waals surface area contributed by atoms with Gasteiger partial charge in [-0.2, -0.15) is 0 Å². The van der Waals surface area contributed by atoms with Crippen molar-refractivity contribution in [3.8, 4) is 0 Å². The first-order chi connectivity index (χ1) is 13.1. The zero-order valence-electron chi connectivity index (χ0n) is 15.2. The van der Waals surface area contributed by atoms with E-state index in [1.807, 2.05) is 54.3 Å². The van der Waals surface area contributed by atoms with Gasteiger partial charge >= 0.3 is 0 Å². The molecule has 3 heterocycles. The Balaban J connectivity index is 1.73. The average Bonchev–Trinajstić information content (AvgIpc) is 2.95. The highest BCUT2D eigenvalue weighted by Crippen LogP contribution is 2.33. The summed E-state index contributed by atoms with van der Waals surface area (Å²) in [4.78, 5) is 34.0. The molecule has 1 saturated heterocycles. The molecule has 138 valence electrons.